The zero-order chi connectivity index (χ0) is 18.2. The number of nitrogens with one attached hydrogen (secondary N) is 1. The van der Waals surface area contributed by atoms with Crippen molar-refractivity contribution in [3.05, 3.63) is 23.8 Å². The summed E-state index contributed by atoms with van der Waals surface area (Å²) in [6.45, 7) is 0.338. The first-order chi connectivity index (χ1) is 11.8. The number of carbonyl (C=O) groups excluding carboxylic acids is 1. The zero-order valence-corrected chi connectivity index (χ0v) is 14.6. The van der Waals surface area contributed by atoms with Crippen molar-refractivity contribution in [1.82, 2.24) is 9.62 Å². The number of hydrogen-bond donors (Lipinski definition) is 2. The van der Waals surface area contributed by atoms with E-state index in [9.17, 15) is 23.1 Å². The van der Waals surface area contributed by atoms with Gasteiger partial charge in [-0.2, -0.15) is 0 Å². The van der Waals surface area contributed by atoms with E-state index < -0.39 is 27.9 Å². The van der Waals surface area contributed by atoms with Crippen molar-refractivity contribution in [1.29, 1.82) is 0 Å². The molecule has 1 aromatic rings. The van der Waals surface area contributed by atoms with E-state index in [2.05, 4.69) is 4.72 Å². The Morgan fingerprint density at radius 1 is 1.28 bits per heavy atom. The van der Waals surface area contributed by atoms with Crippen molar-refractivity contribution in [2.24, 2.45) is 0 Å². The summed E-state index contributed by atoms with van der Waals surface area (Å²) >= 11 is 0. The average Bonchev–Trinajstić information content (AvgIpc) is 3.23. The number of hydrogen-bond acceptors (Lipinski definition) is 5. The highest BCUT2D eigenvalue weighted by Gasteiger charge is 2.35. The Balaban J connectivity index is 1.93. The normalized spacial score (nSPS) is 20.5. The van der Waals surface area contributed by atoms with E-state index in [4.69, 9.17) is 4.74 Å². The second-order valence-corrected chi connectivity index (χ2v) is 7.94. The second-order valence-electron chi connectivity index (χ2n) is 6.26. The molecule has 8 nitrogen and oxygen atoms in total. The van der Waals surface area contributed by atoms with Gasteiger partial charge in [-0.1, -0.05) is 0 Å². The van der Waals surface area contributed by atoms with Crippen LogP contribution in [0, 0.1) is 0 Å². The molecular weight excluding hydrogens is 348 g/mol. The topological polar surface area (TPSA) is 113 Å². The number of methoxy groups -OCH3 is 1. The summed E-state index contributed by atoms with van der Waals surface area (Å²) in [6, 6.07) is 3.17. The van der Waals surface area contributed by atoms with Crippen LogP contribution in [-0.2, 0) is 14.8 Å². The molecule has 0 aromatic heterocycles. The lowest BCUT2D eigenvalue weighted by molar-refractivity contribution is -0.141. The molecule has 25 heavy (non-hydrogen) atoms. The number of carboxylic acids is 1. The van der Waals surface area contributed by atoms with Crippen molar-refractivity contribution in [2.75, 3.05) is 13.7 Å². The lowest BCUT2D eigenvalue weighted by atomic mass is 10.1. The van der Waals surface area contributed by atoms with E-state index >= 15 is 0 Å². The monoisotopic (exact) mass is 368 g/mol. The number of benzene rings is 1. The Morgan fingerprint density at radius 2 is 2.00 bits per heavy atom. The Hall–Kier alpha value is -2.13. The predicted molar refractivity (Wildman–Crippen MR) is 88.0 cm³/mol. The van der Waals surface area contributed by atoms with Crippen LogP contribution < -0.4 is 9.46 Å². The number of likely N-dealkylation sites (tertiary alicyclic amines) is 1. The van der Waals surface area contributed by atoms with Gasteiger partial charge in [-0.15, -0.1) is 0 Å². The zero-order valence-electron chi connectivity index (χ0n) is 13.8. The van der Waals surface area contributed by atoms with E-state index in [0.29, 0.717) is 19.4 Å². The summed E-state index contributed by atoms with van der Waals surface area (Å²) in [7, 11) is -2.46. The van der Waals surface area contributed by atoms with Gasteiger partial charge in [-0.05, 0) is 43.9 Å². The summed E-state index contributed by atoms with van der Waals surface area (Å²) in [5.41, 5.74) is 0.130. The van der Waals surface area contributed by atoms with Crippen LogP contribution in [-0.4, -0.2) is 56.0 Å². The van der Waals surface area contributed by atoms with Gasteiger partial charge in [0, 0.05) is 18.2 Å². The fourth-order valence-corrected chi connectivity index (χ4v) is 4.44. The van der Waals surface area contributed by atoms with E-state index in [1.807, 2.05) is 0 Å². The fraction of sp³-hybridized carbons (Fsp3) is 0.500. The van der Waals surface area contributed by atoms with Crippen LogP contribution in [0.5, 0.6) is 5.75 Å². The SMILES string of the molecule is COc1ccc(C(=O)N2CCCC2C(=O)O)cc1S(=O)(=O)NC1CC1. The molecular formula is C16H20N2O6S. The van der Waals surface area contributed by atoms with Crippen LogP contribution in [0.3, 0.4) is 0 Å². The second kappa shape index (κ2) is 6.64. The summed E-state index contributed by atoms with van der Waals surface area (Å²) < 4.78 is 32.7. The van der Waals surface area contributed by atoms with Crippen molar-refractivity contribution in [3.8, 4) is 5.75 Å². The number of ether oxygens (including phenoxy) is 1. The number of rotatable bonds is 6. The third-order valence-corrected chi connectivity index (χ3v) is 5.94. The van der Waals surface area contributed by atoms with E-state index in [0.717, 1.165) is 12.8 Å². The van der Waals surface area contributed by atoms with E-state index in [1.165, 1.54) is 30.2 Å². The molecule has 2 fully saturated rings. The lowest BCUT2D eigenvalue weighted by Crippen LogP contribution is -2.40. The van der Waals surface area contributed by atoms with Crippen LogP contribution in [0.1, 0.15) is 36.0 Å². The van der Waals surface area contributed by atoms with Crippen molar-refractivity contribution < 1.29 is 27.9 Å². The van der Waals surface area contributed by atoms with Gasteiger partial charge in [0.1, 0.15) is 16.7 Å². The van der Waals surface area contributed by atoms with Gasteiger partial charge >= 0.3 is 5.97 Å². The highest BCUT2D eigenvalue weighted by Crippen LogP contribution is 2.29. The number of amides is 1. The maximum atomic E-state index is 12.7. The quantitative estimate of drug-likeness (QED) is 0.769. The van der Waals surface area contributed by atoms with Gasteiger partial charge in [0.05, 0.1) is 7.11 Å². The first-order valence-electron chi connectivity index (χ1n) is 8.07. The summed E-state index contributed by atoms with van der Waals surface area (Å²) in [5, 5.41) is 9.23. The molecule has 9 heteroatoms. The largest absolute Gasteiger partial charge is 0.495 e. The summed E-state index contributed by atoms with van der Waals surface area (Å²) in [6.07, 6.45) is 2.57. The maximum Gasteiger partial charge on any atom is 0.326 e. The molecule has 1 aliphatic carbocycles. The molecule has 0 spiro atoms. The van der Waals surface area contributed by atoms with Gasteiger partial charge in [0.2, 0.25) is 10.0 Å². The van der Waals surface area contributed by atoms with Crippen LogP contribution in [0.4, 0.5) is 0 Å². The van der Waals surface area contributed by atoms with Gasteiger partial charge in [-0.25, -0.2) is 17.9 Å². The highest BCUT2D eigenvalue weighted by atomic mass is 32.2. The molecule has 1 heterocycles. The molecule has 1 saturated carbocycles. The molecule has 2 aliphatic rings. The molecule has 1 aromatic carbocycles. The number of carbonyl (C=O) groups is 2. The first kappa shape index (κ1) is 17.7. The van der Waals surface area contributed by atoms with Crippen molar-refractivity contribution in [3.63, 3.8) is 0 Å². The first-order valence-corrected chi connectivity index (χ1v) is 9.56. The van der Waals surface area contributed by atoms with Gasteiger partial charge in [0.25, 0.3) is 5.91 Å². The van der Waals surface area contributed by atoms with Crippen molar-refractivity contribution in [2.45, 2.75) is 42.7 Å². The minimum absolute atomic E-state index is 0.0796. The fourth-order valence-electron chi connectivity index (χ4n) is 2.94. The Labute approximate surface area is 145 Å². The standard InChI is InChI=1S/C16H20N2O6S/c1-24-13-7-4-10(9-14(13)25(22,23)17-11-5-6-11)15(19)18-8-2-3-12(18)16(20)21/h4,7,9,11-12,17H,2-3,5-6,8H2,1H3,(H,20,21). The van der Waals surface area contributed by atoms with Gasteiger partial charge in [0.15, 0.2) is 0 Å². The molecule has 3 rings (SSSR count). The third kappa shape index (κ3) is 3.62. The average molecular weight is 368 g/mol. The van der Waals surface area contributed by atoms with Crippen LogP contribution in [0.25, 0.3) is 0 Å². The number of aliphatic carboxylic acids is 1. The molecule has 1 atom stereocenters. The molecule has 1 aliphatic heterocycles. The molecule has 0 bridgehead atoms. The molecule has 1 unspecified atom stereocenters. The molecule has 1 amide bonds. The predicted octanol–water partition coefficient (Wildman–Crippen LogP) is 0.825. The molecule has 1 saturated heterocycles. The Kier molecular flexibility index (Phi) is 4.70. The smallest absolute Gasteiger partial charge is 0.326 e. The Morgan fingerprint density at radius 3 is 2.60 bits per heavy atom. The van der Waals surface area contributed by atoms with Crippen molar-refractivity contribution >= 4 is 21.9 Å². The van der Waals surface area contributed by atoms with Crippen LogP contribution in [0.15, 0.2) is 23.1 Å². The van der Waals surface area contributed by atoms with E-state index in [-0.39, 0.29) is 22.3 Å². The van der Waals surface area contributed by atoms with Gasteiger partial charge in [-0.3, -0.25) is 4.79 Å². The highest BCUT2D eigenvalue weighted by molar-refractivity contribution is 7.89. The van der Waals surface area contributed by atoms with Crippen LogP contribution >= 0.6 is 0 Å². The van der Waals surface area contributed by atoms with E-state index in [1.54, 1.807) is 0 Å². The lowest BCUT2D eigenvalue weighted by Gasteiger charge is -2.22. The maximum absolute atomic E-state index is 12.7. The number of sulfonamides is 1. The summed E-state index contributed by atoms with van der Waals surface area (Å²) in [5.74, 6) is -1.40. The minimum atomic E-state index is -3.81. The molecule has 0 radical (unpaired) electrons. The van der Waals surface area contributed by atoms with Crippen LogP contribution in [0.2, 0.25) is 0 Å². The number of nitrogens with zero attached hydrogens (tertiary/aromatic N) is 1. The number of carboxylic acid groups (broad SMARTS) is 1. The third-order valence-electron chi connectivity index (χ3n) is 4.40. The molecule has 136 valence electrons. The Bertz CT molecular complexity index is 803. The summed E-state index contributed by atoms with van der Waals surface area (Å²) in [4.78, 5) is 25.1. The van der Waals surface area contributed by atoms with Gasteiger partial charge < -0.3 is 14.7 Å². The molecule has 2 N–H and O–H groups in total. The minimum Gasteiger partial charge on any atom is -0.495 e.